The van der Waals surface area contributed by atoms with Crippen LogP contribution in [-0.2, 0) is 13.0 Å². The molecule has 1 aromatic heterocycles. The van der Waals surface area contributed by atoms with E-state index in [4.69, 9.17) is 4.99 Å². The fourth-order valence-electron chi connectivity index (χ4n) is 4.00. The summed E-state index contributed by atoms with van der Waals surface area (Å²) in [5, 5.41) is 15.5. The van der Waals surface area contributed by atoms with Crippen molar-refractivity contribution >= 4 is 29.9 Å². The molecule has 2 saturated carbocycles. The summed E-state index contributed by atoms with van der Waals surface area (Å²) >= 11 is 0. The predicted molar refractivity (Wildman–Crippen MR) is 117 cm³/mol. The molecule has 0 aliphatic heterocycles. The number of aryl methyl sites for hydroxylation is 1. The second kappa shape index (κ2) is 11.1. The van der Waals surface area contributed by atoms with Gasteiger partial charge in [0.1, 0.15) is 12.2 Å². The maximum atomic E-state index is 4.87. The number of halogens is 1. The van der Waals surface area contributed by atoms with Gasteiger partial charge in [0.2, 0.25) is 0 Å². The average molecular weight is 474 g/mol. The molecule has 0 aromatic carbocycles. The first kappa shape index (κ1) is 21.4. The van der Waals surface area contributed by atoms with E-state index < -0.39 is 0 Å². The van der Waals surface area contributed by atoms with Gasteiger partial charge in [0.25, 0.3) is 0 Å². The van der Waals surface area contributed by atoms with Gasteiger partial charge in [-0.1, -0.05) is 26.7 Å². The Morgan fingerprint density at radius 2 is 1.77 bits per heavy atom. The Hall–Kier alpha value is -0.860. The molecule has 1 heterocycles. The summed E-state index contributed by atoms with van der Waals surface area (Å²) in [7, 11) is 0. The molecule has 2 aliphatic carbocycles. The number of aliphatic imine (C=N–C) groups is 1. The molecule has 0 bridgehead atoms. The number of rotatable bonds is 6. The van der Waals surface area contributed by atoms with Gasteiger partial charge in [-0.05, 0) is 44.4 Å². The first-order chi connectivity index (χ1) is 12.2. The molecule has 0 radical (unpaired) electrons. The van der Waals surface area contributed by atoms with E-state index in [1.54, 1.807) is 0 Å². The zero-order chi connectivity index (χ0) is 17.5. The number of guanidine groups is 1. The number of hydrogen-bond donors (Lipinski definition) is 2. The van der Waals surface area contributed by atoms with E-state index in [1.165, 1.54) is 51.4 Å². The van der Waals surface area contributed by atoms with Gasteiger partial charge >= 0.3 is 0 Å². The zero-order valence-electron chi connectivity index (χ0n) is 16.3. The van der Waals surface area contributed by atoms with Crippen molar-refractivity contribution < 1.29 is 0 Å². The van der Waals surface area contributed by atoms with Gasteiger partial charge in [-0.15, -0.1) is 34.2 Å². The van der Waals surface area contributed by atoms with Crippen molar-refractivity contribution in [2.24, 2.45) is 10.9 Å². The highest BCUT2D eigenvalue weighted by atomic mass is 127. The summed E-state index contributed by atoms with van der Waals surface area (Å²) in [6.45, 7) is 6.08. The second-order valence-corrected chi connectivity index (χ2v) is 7.75. The van der Waals surface area contributed by atoms with Crippen LogP contribution in [0, 0.1) is 5.92 Å². The normalized spacial score (nSPS) is 24.3. The fourth-order valence-corrected chi connectivity index (χ4v) is 4.00. The molecule has 0 spiro atoms. The predicted octanol–water partition coefficient (Wildman–Crippen LogP) is 3.52. The molecule has 0 amide bonds. The molecule has 6 nitrogen and oxygen atoms in total. The van der Waals surface area contributed by atoms with E-state index in [9.17, 15) is 0 Å². The van der Waals surface area contributed by atoms with Crippen LogP contribution in [0.15, 0.2) is 11.3 Å². The highest BCUT2D eigenvalue weighted by Crippen LogP contribution is 2.23. The first-order valence-corrected chi connectivity index (χ1v) is 10.2. The Labute approximate surface area is 175 Å². The number of nitrogens with one attached hydrogen (secondary N) is 2. The monoisotopic (exact) mass is 474 g/mol. The second-order valence-electron chi connectivity index (χ2n) is 7.75. The molecule has 1 aromatic rings. The Bertz CT molecular complexity index is 544. The summed E-state index contributed by atoms with van der Waals surface area (Å²) in [6, 6.07) is 1.17. The Morgan fingerprint density at radius 3 is 2.42 bits per heavy atom. The number of aromatic nitrogens is 3. The summed E-state index contributed by atoms with van der Waals surface area (Å²) < 4.78 is 2.11. The molecular weight excluding hydrogens is 439 g/mol. The molecule has 7 heteroatoms. The SMILES string of the molecule is CCc1nncn1CCN=C(NC1CCCC1)NC1CCC(C)CC1.I. The highest BCUT2D eigenvalue weighted by Gasteiger charge is 2.21. The largest absolute Gasteiger partial charge is 0.354 e. The van der Waals surface area contributed by atoms with Crippen LogP contribution in [0.2, 0.25) is 0 Å². The summed E-state index contributed by atoms with van der Waals surface area (Å²) in [5.74, 6) is 2.93. The summed E-state index contributed by atoms with van der Waals surface area (Å²) in [6.07, 6.45) is 13.1. The minimum absolute atomic E-state index is 0. The van der Waals surface area contributed by atoms with Crippen molar-refractivity contribution in [3.8, 4) is 0 Å². The van der Waals surface area contributed by atoms with E-state index in [2.05, 4.69) is 39.2 Å². The van der Waals surface area contributed by atoms with E-state index in [-0.39, 0.29) is 24.0 Å². The van der Waals surface area contributed by atoms with Crippen LogP contribution in [0.25, 0.3) is 0 Å². The lowest BCUT2D eigenvalue weighted by Gasteiger charge is -2.29. The van der Waals surface area contributed by atoms with Crippen molar-refractivity contribution in [2.75, 3.05) is 6.54 Å². The molecular formula is C19H35IN6. The Morgan fingerprint density at radius 1 is 1.12 bits per heavy atom. The van der Waals surface area contributed by atoms with Crippen LogP contribution in [-0.4, -0.2) is 39.4 Å². The van der Waals surface area contributed by atoms with Crippen LogP contribution >= 0.6 is 24.0 Å². The molecule has 0 atom stereocenters. The molecule has 2 aliphatic rings. The lowest BCUT2D eigenvalue weighted by Crippen LogP contribution is -2.47. The maximum absolute atomic E-state index is 4.87. The van der Waals surface area contributed by atoms with Crippen LogP contribution in [0.3, 0.4) is 0 Å². The van der Waals surface area contributed by atoms with Gasteiger partial charge in [0.15, 0.2) is 5.96 Å². The quantitative estimate of drug-likeness (QED) is 0.376. The van der Waals surface area contributed by atoms with Gasteiger partial charge in [-0.2, -0.15) is 0 Å². The molecule has 0 unspecified atom stereocenters. The molecule has 2 fully saturated rings. The third-order valence-corrected chi connectivity index (χ3v) is 5.68. The van der Waals surface area contributed by atoms with Gasteiger partial charge in [-0.3, -0.25) is 4.99 Å². The summed E-state index contributed by atoms with van der Waals surface area (Å²) in [5.41, 5.74) is 0. The highest BCUT2D eigenvalue weighted by molar-refractivity contribution is 14.0. The van der Waals surface area contributed by atoms with E-state index >= 15 is 0 Å². The fraction of sp³-hybridized carbons (Fsp3) is 0.842. The Kier molecular flexibility index (Phi) is 9.15. The minimum atomic E-state index is 0. The molecule has 3 rings (SSSR count). The molecule has 2 N–H and O–H groups in total. The van der Waals surface area contributed by atoms with Gasteiger partial charge in [0.05, 0.1) is 6.54 Å². The molecule has 26 heavy (non-hydrogen) atoms. The Balaban J connectivity index is 0.00000243. The van der Waals surface area contributed by atoms with E-state index in [0.717, 1.165) is 37.2 Å². The van der Waals surface area contributed by atoms with Crippen molar-refractivity contribution in [2.45, 2.75) is 90.3 Å². The lowest BCUT2D eigenvalue weighted by atomic mass is 9.87. The van der Waals surface area contributed by atoms with Crippen LogP contribution < -0.4 is 10.6 Å². The lowest BCUT2D eigenvalue weighted by molar-refractivity contribution is 0.328. The topological polar surface area (TPSA) is 67.1 Å². The van der Waals surface area contributed by atoms with Gasteiger partial charge < -0.3 is 15.2 Å². The molecule has 0 saturated heterocycles. The minimum Gasteiger partial charge on any atom is -0.354 e. The van der Waals surface area contributed by atoms with Crippen molar-refractivity contribution in [1.29, 1.82) is 0 Å². The van der Waals surface area contributed by atoms with Crippen LogP contribution in [0.1, 0.15) is 71.0 Å². The van der Waals surface area contributed by atoms with Crippen molar-refractivity contribution in [3.63, 3.8) is 0 Å². The van der Waals surface area contributed by atoms with Gasteiger partial charge in [-0.25, -0.2) is 0 Å². The number of hydrogen-bond acceptors (Lipinski definition) is 3. The van der Waals surface area contributed by atoms with Crippen molar-refractivity contribution in [1.82, 2.24) is 25.4 Å². The van der Waals surface area contributed by atoms with E-state index in [0.29, 0.717) is 12.1 Å². The van der Waals surface area contributed by atoms with Crippen LogP contribution in [0.4, 0.5) is 0 Å². The van der Waals surface area contributed by atoms with Gasteiger partial charge in [0, 0.05) is 25.0 Å². The smallest absolute Gasteiger partial charge is 0.191 e. The van der Waals surface area contributed by atoms with E-state index in [1.807, 2.05) is 6.33 Å². The third-order valence-electron chi connectivity index (χ3n) is 5.68. The number of nitrogens with zero attached hydrogens (tertiary/aromatic N) is 4. The zero-order valence-corrected chi connectivity index (χ0v) is 18.6. The average Bonchev–Trinajstić information content (AvgIpc) is 3.28. The molecule has 148 valence electrons. The van der Waals surface area contributed by atoms with Crippen molar-refractivity contribution in [3.05, 3.63) is 12.2 Å². The summed E-state index contributed by atoms with van der Waals surface area (Å²) in [4.78, 5) is 4.87. The maximum Gasteiger partial charge on any atom is 0.191 e. The standard InChI is InChI=1S/C19H34N6.HI/c1-3-18-24-21-14-25(18)13-12-20-19(22-16-6-4-5-7-16)23-17-10-8-15(2)9-11-17;/h14-17H,3-13H2,1-2H3,(H2,20,22,23);1H. The third kappa shape index (κ3) is 6.39. The van der Waals surface area contributed by atoms with Crippen LogP contribution in [0.5, 0.6) is 0 Å². The first-order valence-electron chi connectivity index (χ1n) is 10.2.